The molecule has 1 aromatic carbocycles. The minimum absolute atomic E-state index is 0.00833. The summed E-state index contributed by atoms with van der Waals surface area (Å²) in [5.74, 6) is 0.00833. The molecule has 0 aliphatic carbocycles. The smallest absolute Gasteiger partial charge is 0.339 e. The van der Waals surface area contributed by atoms with Crippen molar-refractivity contribution in [3.8, 4) is 0 Å². The molecule has 2 rings (SSSR count). The van der Waals surface area contributed by atoms with E-state index in [1.165, 1.54) is 5.56 Å². The quantitative estimate of drug-likeness (QED) is 0.502. The summed E-state index contributed by atoms with van der Waals surface area (Å²) in [7, 11) is 0. The lowest BCUT2D eigenvalue weighted by Crippen LogP contribution is -2.23. The second-order valence-electron chi connectivity index (χ2n) is 5.44. The third-order valence-electron chi connectivity index (χ3n) is 4.31. The van der Waals surface area contributed by atoms with Gasteiger partial charge in [-0.1, -0.05) is 0 Å². The van der Waals surface area contributed by atoms with Crippen molar-refractivity contribution in [3.05, 3.63) is 43.8 Å². The standard InChI is InChI=1S/C16H21N3O2/c1-7-8(2)10(4)14-13(9(7)3)12(6-19-16(17)18)11(5)15(20)21-14/h6H2,1-5H3,(H4,17,18,19). The molecule has 0 saturated heterocycles. The van der Waals surface area contributed by atoms with Gasteiger partial charge in [0.05, 0.1) is 6.54 Å². The molecule has 1 aromatic heterocycles. The summed E-state index contributed by atoms with van der Waals surface area (Å²) in [6.07, 6.45) is 0. The van der Waals surface area contributed by atoms with Crippen LogP contribution in [0.3, 0.4) is 0 Å². The molecule has 5 nitrogen and oxygen atoms in total. The van der Waals surface area contributed by atoms with Crippen LogP contribution in [-0.2, 0) is 6.54 Å². The number of rotatable bonds is 2. The van der Waals surface area contributed by atoms with Gasteiger partial charge in [0, 0.05) is 10.9 Å². The second kappa shape index (κ2) is 5.24. The van der Waals surface area contributed by atoms with Crippen LogP contribution in [0.25, 0.3) is 11.0 Å². The fourth-order valence-electron chi connectivity index (χ4n) is 2.62. The van der Waals surface area contributed by atoms with Crippen LogP contribution in [0, 0.1) is 34.6 Å². The highest BCUT2D eigenvalue weighted by Crippen LogP contribution is 2.32. The van der Waals surface area contributed by atoms with Crippen LogP contribution >= 0.6 is 0 Å². The largest absolute Gasteiger partial charge is 0.422 e. The van der Waals surface area contributed by atoms with Crippen molar-refractivity contribution in [1.82, 2.24) is 0 Å². The van der Waals surface area contributed by atoms with E-state index in [2.05, 4.69) is 11.9 Å². The van der Waals surface area contributed by atoms with Crippen LogP contribution in [0.5, 0.6) is 0 Å². The van der Waals surface area contributed by atoms with E-state index in [9.17, 15) is 4.79 Å². The number of hydrogen-bond donors (Lipinski definition) is 2. The average Bonchev–Trinajstić information content (AvgIpc) is 2.43. The maximum Gasteiger partial charge on any atom is 0.339 e. The molecule has 21 heavy (non-hydrogen) atoms. The Morgan fingerprint density at radius 3 is 2.10 bits per heavy atom. The Kier molecular flexibility index (Phi) is 3.77. The van der Waals surface area contributed by atoms with Gasteiger partial charge in [-0.3, -0.25) is 0 Å². The molecule has 4 N–H and O–H groups in total. The number of aliphatic imine (C=N–C) groups is 1. The Labute approximate surface area is 123 Å². The first-order valence-electron chi connectivity index (χ1n) is 6.83. The molecule has 0 amide bonds. The van der Waals surface area contributed by atoms with E-state index in [4.69, 9.17) is 15.9 Å². The number of nitrogens with zero attached hydrogens (tertiary/aromatic N) is 1. The lowest BCUT2D eigenvalue weighted by atomic mass is 9.91. The highest BCUT2D eigenvalue weighted by Gasteiger charge is 2.18. The van der Waals surface area contributed by atoms with Gasteiger partial charge in [0.15, 0.2) is 5.96 Å². The van der Waals surface area contributed by atoms with Gasteiger partial charge in [-0.15, -0.1) is 0 Å². The van der Waals surface area contributed by atoms with E-state index in [1.807, 2.05) is 20.8 Å². The molecule has 5 heteroatoms. The summed E-state index contributed by atoms with van der Waals surface area (Å²) in [6, 6.07) is 0. The Morgan fingerprint density at radius 2 is 1.52 bits per heavy atom. The topological polar surface area (TPSA) is 94.6 Å². The Morgan fingerprint density at radius 1 is 0.952 bits per heavy atom. The Balaban J connectivity index is 2.98. The number of guanidine groups is 1. The van der Waals surface area contributed by atoms with Crippen molar-refractivity contribution in [3.63, 3.8) is 0 Å². The van der Waals surface area contributed by atoms with E-state index in [-0.39, 0.29) is 18.1 Å². The molecule has 0 aliphatic heterocycles. The molecule has 0 spiro atoms. The minimum Gasteiger partial charge on any atom is -0.422 e. The SMILES string of the molecule is Cc1c(C)c(C)c2c(CN=C(N)N)c(C)c(=O)oc2c1C. The predicted octanol–water partition coefficient (Wildman–Crippen LogP) is 2.11. The van der Waals surface area contributed by atoms with E-state index in [1.54, 1.807) is 6.92 Å². The van der Waals surface area contributed by atoms with Gasteiger partial charge >= 0.3 is 5.63 Å². The molecule has 112 valence electrons. The zero-order chi connectivity index (χ0) is 15.9. The molecule has 0 radical (unpaired) electrons. The van der Waals surface area contributed by atoms with Crippen molar-refractivity contribution >= 4 is 16.9 Å². The highest BCUT2D eigenvalue weighted by molar-refractivity contribution is 5.89. The first kappa shape index (κ1) is 15.1. The van der Waals surface area contributed by atoms with Gasteiger partial charge in [0.2, 0.25) is 0 Å². The van der Waals surface area contributed by atoms with Gasteiger partial charge in [0.25, 0.3) is 0 Å². The third-order valence-corrected chi connectivity index (χ3v) is 4.31. The number of hydrogen-bond acceptors (Lipinski definition) is 3. The monoisotopic (exact) mass is 287 g/mol. The number of fused-ring (bicyclic) bond motifs is 1. The lowest BCUT2D eigenvalue weighted by molar-refractivity contribution is 0.549. The van der Waals surface area contributed by atoms with Crippen molar-refractivity contribution in [2.45, 2.75) is 41.2 Å². The van der Waals surface area contributed by atoms with Crippen LogP contribution in [0.2, 0.25) is 0 Å². The predicted molar refractivity (Wildman–Crippen MR) is 85.7 cm³/mol. The van der Waals surface area contributed by atoms with Gasteiger partial charge < -0.3 is 15.9 Å². The summed E-state index contributed by atoms with van der Waals surface area (Å²) in [5.41, 5.74) is 16.9. The lowest BCUT2D eigenvalue weighted by Gasteiger charge is -2.16. The van der Waals surface area contributed by atoms with E-state index >= 15 is 0 Å². The van der Waals surface area contributed by atoms with Gasteiger partial charge in [-0.25, -0.2) is 9.79 Å². The maximum atomic E-state index is 12.1. The van der Waals surface area contributed by atoms with Crippen LogP contribution in [-0.4, -0.2) is 5.96 Å². The zero-order valence-electron chi connectivity index (χ0n) is 13.1. The molecular formula is C16H21N3O2. The summed E-state index contributed by atoms with van der Waals surface area (Å²) in [6.45, 7) is 10.1. The second-order valence-corrected chi connectivity index (χ2v) is 5.44. The van der Waals surface area contributed by atoms with Gasteiger partial charge in [-0.2, -0.15) is 0 Å². The zero-order valence-corrected chi connectivity index (χ0v) is 13.1. The van der Waals surface area contributed by atoms with Gasteiger partial charge in [0.1, 0.15) is 5.58 Å². The maximum absolute atomic E-state index is 12.1. The van der Waals surface area contributed by atoms with Gasteiger partial charge in [-0.05, 0) is 62.4 Å². The molecule has 0 fully saturated rings. The molecule has 0 atom stereocenters. The Hall–Kier alpha value is -2.30. The van der Waals surface area contributed by atoms with Crippen molar-refractivity contribution < 1.29 is 4.42 Å². The average molecular weight is 287 g/mol. The fourth-order valence-corrected chi connectivity index (χ4v) is 2.62. The molecule has 2 aromatic rings. The van der Waals surface area contributed by atoms with Crippen molar-refractivity contribution in [2.24, 2.45) is 16.5 Å². The number of aryl methyl sites for hydroxylation is 2. The molecule has 0 saturated carbocycles. The normalized spacial score (nSPS) is 10.9. The highest BCUT2D eigenvalue weighted by atomic mass is 16.4. The van der Waals surface area contributed by atoms with Crippen LogP contribution in [0.1, 0.15) is 33.4 Å². The van der Waals surface area contributed by atoms with Crippen LogP contribution in [0.15, 0.2) is 14.2 Å². The number of nitrogens with two attached hydrogens (primary N) is 2. The van der Waals surface area contributed by atoms with E-state index in [0.29, 0.717) is 11.1 Å². The number of benzene rings is 1. The molecule has 0 unspecified atom stereocenters. The molecular weight excluding hydrogens is 266 g/mol. The van der Waals surface area contributed by atoms with Crippen LogP contribution < -0.4 is 17.1 Å². The summed E-state index contributed by atoms with van der Waals surface area (Å²) >= 11 is 0. The third kappa shape index (κ3) is 2.39. The van der Waals surface area contributed by atoms with Crippen molar-refractivity contribution in [1.29, 1.82) is 0 Å². The molecule has 0 bridgehead atoms. The van der Waals surface area contributed by atoms with Crippen LogP contribution in [0.4, 0.5) is 0 Å². The van der Waals surface area contributed by atoms with Crippen molar-refractivity contribution in [2.75, 3.05) is 0 Å². The first-order chi connectivity index (χ1) is 9.75. The molecule has 1 heterocycles. The first-order valence-corrected chi connectivity index (χ1v) is 6.83. The van der Waals surface area contributed by atoms with E-state index in [0.717, 1.165) is 27.6 Å². The van der Waals surface area contributed by atoms with E-state index < -0.39 is 0 Å². The fraction of sp³-hybridized carbons (Fsp3) is 0.375. The minimum atomic E-state index is -0.339. The summed E-state index contributed by atoms with van der Waals surface area (Å²) in [4.78, 5) is 16.1. The summed E-state index contributed by atoms with van der Waals surface area (Å²) < 4.78 is 5.52. The summed E-state index contributed by atoms with van der Waals surface area (Å²) in [5, 5.41) is 0.942. The molecule has 0 aliphatic rings. The Bertz CT molecular complexity index is 813.